The first-order valence-corrected chi connectivity index (χ1v) is 12.8. The number of hydrogen-bond acceptors (Lipinski definition) is 7. The molecule has 0 bridgehead atoms. The standard InChI is InChI=1S/C29H35N3O6/c1-18(2)16-37-28(35)32-14-23(24(15-32)27(33)34)20-7-6-8-22(13-20)36-17-25-30-26(38-31-25)19-9-11-21(12-10-19)29(3,4)5/h6-13,18,23-24H,14-17H2,1-5H3,(H,33,34)/t23-,24?/m0/s1. The molecule has 0 spiro atoms. The van der Waals surface area contributed by atoms with Gasteiger partial charge in [-0.2, -0.15) is 4.98 Å². The third-order valence-corrected chi connectivity index (χ3v) is 6.56. The Bertz CT molecular complexity index is 1260. The minimum Gasteiger partial charge on any atom is -0.485 e. The highest BCUT2D eigenvalue weighted by Gasteiger charge is 2.41. The fourth-order valence-corrected chi connectivity index (χ4v) is 4.40. The Labute approximate surface area is 222 Å². The van der Waals surface area contributed by atoms with Crippen molar-refractivity contribution in [1.29, 1.82) is 0 Å². The first-order valence-electron chi connectivity index (χ1n) is 12.8. The number of carboxylic acids is 1. The minimum atomic E-state index is -0.949. The monoisotopic (exact) mass is 521 g/mol. The van der Waals surface area contributed by atoms with Crippen molar-refractivity contribution in [2.75, 3.05) is 19.7 Å². The van der Waals surface area contributed by atoms with Crippen LogP contribution in [-0.4, -0.2) is 51.9 Å². The molecular formula is C29H35N3O6. The number of carbonyl (C=O) groups is 2. The molecule has 4 rings (SSSR count). The fourth-order valence-electron chi connectivity index (χ4n) is 4.40. The average Bonchev–Trinajstić information content (AvgIpc) is 3.54. The molecule has 9 heteroatoms. The number of amides is 1. The molecule has 1 saturated heterocycles. The molecule has 1 aliphatic rings. The van der Waals surface area contributed by atoms with Gasteiger partial charge >= 0.3 is 12.1 Å². The van der Waals surface area contributed by atoms with Crippen LogP contribution in [0.15, 0.2) is 53.1 Å². The molecule has 202 valence electrons. The second kappa shape index (κ2) is 11.2. The van der Waals surface area contributed by atoms with Gasteiger partial charge in [0.05, 0.1) is 12.5 Å². The number of likely N-dealkylation sites (tertiary alicyclic amines) is 1. The van der Waals surface area contributed by atoms with Crippen molar-refractivity contribution < 1.29 is 28.7 Å². The largest absolute Gasteiger partial charge is 0.485 e. The van der Waals surface area contributed by atoms with Gasteiger partial charge in [0, 0.05) is 24.6 Å². The summed E-state index contributed by atoms with van der Waals surface area (Å²) in [6.07, 6.45) is -0.485. The van der Waals surface area contributed by atoms with Gasteiger partial charge in [-0.1, -0.05) is 64.0 Å². The molecular weight excluding hydrogens is 486 g/mol. The maximum absolute atomic E-state index is 12.4. The average molecular weight is 522 g/mol. The predicted molar refractivity (Wildman–Crippen MR) is 141 cm³/mol. The van der Waals surface area contributed by atoms with Crippen LogP contribution in [0.5, 0.6) is 5.75 Å². The van der Waals surface area contributed by atoms with E-state index in [9.17, 15) is 14.7 Å². The Morgan fingerprint density at radius 1 is 1.13 bits per heavy atom. The number of carbonyl (C=O) groups excluding carboxylic acids is 1. The summed E-state index contributed by atoms with van der Waals surface area (Å²) < 4.78 is 16.6. The molecule has 0 saturated carbocycles. The molecule has 1 amide bonds. The molecule has 0 aliphatic carbocycles. The van der Waals surface area contributed by atoms with Crippen molar-refractivity contribution >= 4 is 12.1 Å². The van der Waals surface area contributed by atoms with Crippen LogP contribution in [0.4, 0.5) is 4.79 Å². The van der Waals surface area contributed by atoms with Crippen LogP contribution >= 0.6 is 0 Å². The van der Waals surface area contributed by atoms with Crippen molar-refractivity contribution in [2.24, 2.45) is 11.8 Å². The van der Waals surface area contributed by atoms with E-state index in [2.05, 4.69) is 43.0 Å². The Morgan fingerprint density at radius 2 is 1.87 bits per heavy atom. The van der Waals surface area contributed by atoms with E-state index >= 15 is 0 Å². The van der Waals surface area contributed by atoms with Gasteiger partial charge in [-0.3, -0.25) is 4.79 Å². The maximum Gasteiger partial charge on any atom is 0.409 e. The van der Waals surface area contributed by atoms with Gasteiger partial charge in [0.15, 0.2) is 6.61 Å². The number of ether oxygens (including phenoxy) is 2. The highest BCUT2D eigenvalue weighted by atomic mass is 16.6. The number of aromatic nitrogens is 2. The van der Waals surface area contributed by atoms with Crippen molar-refractivity contribution in [3.8, 4) is 17.2 Å². The Kier molecular flexibility index (Phi) is 8.04. The predicted octanol–water partition coefficient (Wildman–Crippen LogP) is 5.51. The quantitative estimate of drug-likeness (QED) is 0.413. The van der Waals surface area contributed by atoms with Crippen LogP contribution < -0.4 is 4.74 Å². The lowest BCUT2D eigenvalue weighted by atomic mass is 9.87. The molecule has 1 N–H and O–H groups in total. The number of hydrogen-bond donors (Lipinski definition) is 1. The van der Waals surface area contributed by atoms with Gasteiger partial charge in [-0.05, 0) is 46.7 Å². The smallest absolute Gasteiger partial charge is 0.409 e. The summed E-state index contributed by atoms with van der Waals surface area (Å²) in [6, 6.07) is 15.3. The van der Waals surface area contributed by atoms with Crippen molar-refractivity contribution in [2.45, 2.75) is 52.6 Å². The zero-order valence-corrected chi connectivity index (χ0v) is 22.5. The van der Waals surface area contributed by atoms with E-state index < -0.39 is 18.0 Å². The highest BCUT2D eigenvalue weighted by molar-refractivity contribution is 5.75. The molecule has 3 aromatic rings. The van der Waals surface area contributed by atoms with Gasteiger partial charge in [0.2, 0.25) is 5.82 Å². The molecule has 2 aromatic carbocycles. The summed E-state index contributed by atoms with van der Waals surface area (Å²) >= 11 is 0. The van der Waals surface area contributed by atoms with Gasteiger partial charge in [-0.15, -0.1) is 0 Å². The van der Waals surface area contributed by atoms with Crippen molar-refractivity contribution in [3.05, 3.63) is 65.5 Å². The first kappa shape index (κ1) is 27.2. The second-order valence-corrected chi connectivity index (χ2v) is 11.1. The number of benzene rings is 2. The number of carboxylic acid groups (broad SMARTS) is 1. The zero-order chi connectivity index (χ0) is 27.4. The molecule has 1 aliphatic heterocycles. The van der Waals surface area contributed by atoms with Crippen molar-refractivity contribution in [1.82, 2.24) is 15.0 Å². The van der Waals surface area contributed by atoms with E-state index in [-0.39, 0.29) is 36.9 Å². The van der Waals surface area contributed by atoms with Gasteiger partial charge in [0.1, 0.15) is 5.75 Å². The van der Waals surface area contributed by atoms with Crippen LogP contribution in [0.2, 0.25) is 0 Å². The summed E-state index contributed by atoms with van der Waals surface area (Å²) in [4.78, 5) is 30.3. The summed E-state index contributed by atoms with van der Waals surface area (Å²) in [6.45, 7) is 11.1. The molecule has 1 unspecified atom stereocenters. The molecule has 2 atom stereocenters. The van der Waals surface area contributed by atoms with Crippen LogP contribution in [0.3, 0.4) is 0 Å². The van der Waals surface area contributed by atoms with Crippen LogP contribution in [-0.2, 0) is 21.6 Å². The molecule has 9 nitrogen and oxygen atoms in total. The van der Waals surface area contributed by atoms with Crippen LogP contribution in [0.25, 0.3) is 11.5 Å². The summed E-state index contributed by atoms with van der Waals surface area (Å²) in [5, 5.41) is 13.8. The van der Waals surface area contributed by atoms with E-state index in [0.29, 0.717) is 24.1 Å². The van der Waals surface area contributed by atoms with E-state index in [1.807, 2.05) is 38.1 Å². The zero-order valence-electron chi connectivity index (χ0n) is 22.5. The van der Waals surface area contributed by atoms with Crippen molar-refractivity contribution in [3.63, 3.8) is 0 Å². The van der Waals surface area contributed by atoms with Gasteiger partial charge in [0.25, 0.3) is 5.89 Å². The summed E-state index contributed by atoms with van der Waals surface area (Å²) in [5.41, 5.74) is 2.88. The second-order valence-electron chi connectivity index (χ2n) is 11.1. The molecule has 38 heavy (non-hydrogen) atoms. The number of rotatable bonds is 8. The fraction of sp³-hybridized carbons (Fsp3) is 0.448. The lowest BCUT2D eigenvalue weighted by Gasteiger charge is -2.18. The number of aliphatic carboxylic acids is 1. The third-order valence-electron chi connectivity index (χ3n) is 6.56. The Morgan fingerprint density at radius 3 is 2.53 bits per heavy atom. The van der Waals surface area contributed by atoms with Crippen LogP contribution in [0, 0.1) is 11.8 Å². The lowest BCUT2D eigenvalue weighted by molar-refractivity contribution is -0.141. The minimum absolute atomic E-state index is 0.0548. The topological polar surface area (TPSA) is 115 Å². The maximum atomic E-state index is 12.4. The lowest BCUT2D eigenvalue weighted by Crippen LogP contribution is -2.31. The van der Waals surface area contributed by atoms with E-state index in [1.165, 1.54) is 10.5 Å². The summed E-state index contributed by atoms with van der Waals surface area (Å²) in [5.74, 6) is -0.502. The van der Waals surface area contributed by atoms with Gasteiger partial charge < -0.3 is 24.0 Å². The third kappa shape index (κ3) is 6.51. The number of nitrogens with zero attached hydrogens (tertiary/aromatic N) is 3. The first-order chi connectivity index (χ1) is 18.0. The Hall–Kier alpha value is -3.88. The highest BCUT2D eigenvalue weighted by Crippen LogP contribution is 2.35. The molecule has 0 radical (unpaired) electrons. The SMILES string of the molecule is CC(C)COC(=O)N1CC(C(=O)O)[C@H](c2cccc(OCc3noc(-c4ccc(C(C)(C)C)cc4)n3)c2)C1. The van der Waals surface area contributed by atoms with E-state index in [4.69, 9.17) is 14.0 Å². The normalized spacial score (nSPS) is 17.6. The van der Waals surface area contributed by atoms with E-state index in [0.717, 1.165) is 11.1 Å². The Balaban J connectivity index is 1.41. The molecule has 1 aromatic heterocycles. The molecule has 2 heterocycles. The van der Waals surface area contributed by atoms with Gasteiger partial charge in [-0.25, -0.2) is 4.79 Å². The van der Waals surface area contributed by atoms with E-state index in [1.54, 1.807) is 12.1 Å². The summed E-state index contributed by atoms with van der Waals surface area (Å²) in [7, 11) is 0. The van der Waals surface area contributed by atoms with Crippen LogP contribution in [0.1, 0.15) is 57.5 Å². The molecule has 1 fully saturated rings.